The monoisotopic (exact) mass is 369 g/mol. The number of amides is 1. The molecule has 0 bridgehead atoms. The molecule has 0 fully saturated rings. The van der Waals surface area contributed by atoms with E-state index in [-0.39, 0.29) is 5.57 Å². The molecule has 3 aromatic rings. The molecule has 1 atom stereocenters. The molecule has 1 aliphatic heterocycles. The Balaban J connectivity index is 1.71. The van der Waals surface area contributed by atoms with E-state index in [4.69, 9.17) is 4.74 Å². The van der Waals surface area contributed by atoms with Crippen molar-refractivity contribution in [3.8, 4) is 0 Å². The summed E-state index contributed by atoms with van der Waals surface area (Å²) in [6.45, 7) is 0.342. The van der Waals surface area contributed by atoms with Crippen LogP contribution in [0.2, 0.25) is 0 Å². The third kappa shape index (κ3) is 3.58. The van der Waals surface area contributed by atoms with Gasteiger partial charge in [-0.1, -0.05) is 91.0 Å². The second-order valence-corrected chi connectivity index (χ2v) is 6.52. The highest BCUT2D eigenvalue weighted by atomic mass is 16.5. The van der Waals surface area contributed by atoms with Crippen molar-refractivity contribution in [1.82, 2.24) is 5.32 Å². The van der Waals surface area contributed by atoms with Gasteiger partial charge in [-0.05, 0) is 16.7 Å². The molecule has 1 heterocycles. The van der Waals surface area contributed by atoms with E-state index in [1.165, 1.54) is 0 Å². The van der Waals surface area contributed by atoms with E-state index in [0.717, 1.165) is 16.7 Å². The number of ether oxygens (including phenoxy) is 1. The summed E-state index contributed by atoms with van der Waals surface area (Å²) in [5.41, 5.74) is 3.26. The molecule has 1 unspecified atom stereocenters. The van der Waals surface area contributed by atoms with Gasteiger partial charge in [-0.3, -0.25) is 4.79 Å². The van der Waals surface area contributed by atoms with Crippen LogP contribution in [-0.2, 0) is 20.9 Å². The first kappa shape index (κ1) is 17.7. The van der Waals surface area contributed by atoms with Crippen LogP contribution >= 0.6 is 0 Å². The summed E-state index contributed by atoms with van der Waals surface area (Å²) in [7, 11) is 0. The van der Waals surface area contributed by atoms with Crippen molar-refractivity contribution >= 4 is 17.4 Å². The molecule has 28 heavy (non-hydrogen) atoms. The first-order chi connectivity index (χ1) is 13.7. The highest BCUT2D eigenvalue weighted by Gasteiger charge is 2.39. The SMILES string of the molecule is O=C(NCc1ccccc1)C1=C(c2ccccc2)C(c2ccccc2)OC1=O. The topological polar surface area (TPSA) is 55.4 Å². The van der Waals surface area contributed by atoms with Crippen LogP contribution in [0.1, 0.15) is 22.8 Å². The van der Waals surface area contributed by atoms with E-state index < -0.39 is 18.0 Å². The Labute approximate surface area is 163 Å². The molecule has 1 aliphatic rings. The summed E-state index contributed by atoms with van der Waals surface area (Å²) in [4.78, 5) is 25.6. The number of hydrogen-bond acceptors (Lipinski definition) is 3. The first-order valence-corrected chi connectivity index (χ1v) is 9.11. The zero-order valence-electron chi connectivity index (χ0n) is 15.2. The Morgan fingerprint density at radius 3 is 2.04 bits per heavy atom. The van der Waals surface area contributed by atoms with E-state index in [0.29, 0.717) is 12.1 Å². The Hall–Kier alpha value is -3.66. The number of esters is 1. The Morgan fingerprint density at radius 1 is 0.821 bits per heavy atom. The molecule has 0 saturated carbocycles. The molecule has 4 rings (SSSR count). The normalized spacial score (nSPS) is 16.0. The fourth-order valence-corrected chi connectivity index (χ4v) is 3.32. The van der Waals surface area contributed by atoms with Crippen molar-refractivity contribution in [3.05, 3.63) is 113 Å². The van der Waals surface area contributed by atoms with Crippen molar-refractivity contribution in [2.75, 3.05) is 0 Å². The second-order valence-electron chi connectivity index (χ2n) is 6.52. The van der Waals surface area contributed by atoms with Gasteiger partial charge in [0.2, 0.25) is 0 Å². The van der Waals surface area contributed by atoms with Gasteiger partial charge >= 0.3 is 5.97 Å². The molecule has 3 aromatic carbocycles. The molecule has 4 nitrogen and oxygen atoms in total. The summed E-state index contributed by atoms with van der Waals surface area (Å²) in [6, 6.07) is 28.5. The van der Waals surface area contributed by atoms with Gasteiger partial charge in [0.05, 0.1) is 0 Å². The van der Waals surface area contributed by atoms with Crippen LogP contribution in [0.3, 0.4) is 0 Å². The molecular weight excluding hydrogens is 350 g/mol. The number of carbonyl (C=O) groups excluding carboxylic acids is 2. The minimum Gasteiger partial charge on any atom is -0.449 e. The van der Waals surface area contributed by atoms with Crippen LogP contribution in [0, 0.1) is 0 Å². The van der Waals surface area contributed by atoms with Gasteiger partial charge in [-0.2, -0.15) is 0 Å². The van der Waals surface area contributed by atoms with Crippen molar-refractivity contribution in [1.29, 1.82) is 0 Å². The van der Waals surface area contributed by atoms with Crippen molar-refractivity contribution < 1.29 is 14.3 Å². The van der Waals surface area contributed by atoms with Crippen molar-refractivity contribution in [3.63, 3.8) is 0 Å². The molecule has 1 amide bonds. The predicted molar refractivity (Wildman–Crippen MR) is 107 cm³/mol. The molecule has 0 saturated heterocycles. The Morgan fingerprint density at radius 2 is 1.39 bits per heavy atom. The summed E-state index contributed by atoms with van der Waals surface area (Å²) in [6.07, 6.45) is -0.603. The molecule has 4 heteroatoms. The maximum atomic E-state index is 12.9. The average molecular weight is 369 g/mol. The Kier molecular flexibility index (Phi) is 5.02. The summed E-state index contributed by atoms with van der Waals surface area (Å²) >= 11 is 0. The van der Waals surface area contributed by atoms with Crippen LogP contribution in [0.15, 0.2) is 96.6 Å². The predicted octanol–water partition coefficient (Wildman–Crippen LogP) is 4.05. The molecule has 0 spiro atoms. The van der Waals surface area contributed by atoms with E-state index in [1.54, 1.807) is 0 Å². The lowest BCUT2D eigenvalue weighted by Gasteiger charge is -2.15. The zero-order chi connectivity index (χ0) is 19.3. The number of cyclic esters (lactones) is 1. The number of benzene rings is 3. The zero-order valence-corrected chi connectivity index (χ0v) is 15.2. The minimum absolute atomic E-state index is 0.0657. The number of nitrogens with one attached hydrogen (secondary N) is 1. The van der Waals surface area contributed by atoms with Gasteiger partial charge in [0, 0.05) is 12.1 Å². The van der Waals surface area contributed by atoms with E-state index in [2.05, 4.69) is 5.32 Å². The summed E-state index contributed by atoms with van der Waals surface area (Å²) in [5.74, 6) is -1.02. The lowest BCUT2D eigenvalue weighted by atomic mass is 9.92. The van der Waals surface area contributed by atoms with E-state index in [1.807, 2.05) is 91.0 Å². The lowest BCUT2D eigenvalue weighted by molar-refractivity contribution is -0.141. The van der Waals surface area contributed by atoms with Gasteiger partial charge in [0.25, 0.3) is 5.91 Å². The summed E-state index contributed by atoms with van der Waals surface area (Å²) in [5, 5.41) is 2.85. The molecule has 0 radical (unpaired) electrons. The number of hydrogen-bond donors (Lipinski definition) is 1. The highest BCUT2D eigenvalue weighted by Crippen LogP contribution is 2.41. The molecule has 0 aromatic heterocycles. The van der Waals surface area contributed by atoms with Gasteiger partial charge in [0.1, 0.15) is 5.57 Å². The Bertz CT molecular complexity index is 1010. The first-order valence-electron chi connectivity index (χ1n) is 9.11. The molecule has 1 N–H and O–H groups in total. The molecular formula is C24H19NO3. The van der Waals surface area contributed by atoms with Gasteiger partial charge in [-0.15, -0.1) is 0 Å². The van der Waals surface area contributed by atoms with Gasteiger partial charge in [0.15, 0.2) is 6.10 Å². The molecule has 0 aliphatic carbocycles. The number of carbonyl (C=O) groups is 2. The quantitative estimate of drug-likeness (QED) is 0.545. The minimum atomic E-state index is -0.603. The largest absolute Gasteiger partial charge is 0.449 e. The highest BCUT2D eigenvalue weighted by molar-refractivity contribution is 6.24. The van der Waals surface area contributed by atoms with Crippen LogP contribution in [0.25, 0.3) is 5.57 Å². The van der Waals surface area contributed by atoms with Crippen LogP contribution in [-0.4, -0.2) is 11.9 Å². The third-order valence-corrected chi connectivity index (χ3v) is 4.67. The fourth-order valence-electron chi connectivity index (χ4n) is 3.32. The van der Waals surface area contributed by atoms with Crippen LogP contribution in [0.4, 0.5) is 0 Å². The van der Waals surface area contributed by atoms with E-state index >= 15 is 0 Å². The van der Waals surface area contributed by atoms with Crippen LogP contribution < -0.4 is 5.32 Å². The number of rotatable bonds is 5. The lowest BCUT2D eigenvalue weighted by Crippen LogP contribution is -2.27. The maximum Gasteiger partial charge on any atom is 0.345 e. The third-order valence-electron chi connectivity index (χ3n) is 4.67. The smallest absolute Gasteiger partial charge is 0.345 e. The average Bonchev–Trinajstić information content (AvgIpc) is 3.11. The van der Waals surface area contributed by atoms with Crippen molar-refractivity contribution in [2.24, 2.45) is 0 Å². The van der Waals surface area contributed by atoms with Crippen LogP contribution in [0.5, 0.6) is 0 Å². The summed E-state index contributed by atoms with van der Waals surface area (Å²) < 4.78 is 5.63. The fraction of sp³-hybridized carbons (Fsp3) is 0.0833. The van der Waals surface area contributed by atoms with E-state index in [9.17, 15) is 9.59 Å². The van der Waals surface area contributed by atoms with Crippen molar-refractivity contribution in [2.45, 2.75) is 12.6 Å². The maximum absolute atomic E-state index is 12.9. The standard InChI is InChI=1S/C24H19NO3/c26-23(25-16-17-10-4-1-5-11-17)21-20(18-12-6-2-7-13-18)22(28-24(21)27)19-14-8-3-9-15-19/h1-15,22H,16H2,(H,25,26). The van der Waals surface area contributed by atoms with Gasteiger partial charge in [-0.25, -0.2) is 4.79 Å². The second kappa shape index (κ2) is 7.92. The van der Waals surface area contributed by atoms with Gasteiger partial charge < -0.3 is 10.1 Å². The molecule has 138 valence electrons.